The van der Waals surface area contributed by atoms with Crippen molar-refractivity contribution >= 4 is 57.4 Å². The number of ether oxygens (including phenoxy) is 1. The van der Waals surface area contributed by atoms with Crippen molar-refractivity contribution in [1.82, 2.24) is 14.9 Å². The zero-order chi connectivity index (χ0) is 35.0. The number of carbonyl (C=O) groups is 2. The molecule has 2 N–H and O–H groups in total. The normalized spacial score (nSPS) is 14.3. The number of rotatable bonds is 9. The van der Waals surface area contributed by atoms with Crippen molar-refractivity contribution in [3.05, 3.63) is 81.1 Å². The summed E-state index contributed by atoms with van der Waals surface area (Å²) >= 11 is 13.3. The lowest BCUT2D eigenvalue weighted by atomic mass is 9.97. The van der Waals surface area contributed by atoms with Crippen molar-refractivity contribution < 1.29 is 31.9 Å². The van der Waals surface area contributed by atoms with Crippen LogP contribution in [0.4, 0.5) is 28.9 Å². The first-order chi connectivity index (χ1) is 22.5. The van der Waals surface area contributed by atoms with E-state index in [-0.39, 0.29) is 13.0 Å². The molecule has 2 heterocycles. The van der Waals surface area contributed by atoms with Crippen LogP contribution in [0.3, 0.4) is 0 Å². The Morgan fingerprint density at radius 1 is 1.02 bits per heavy atom. The summed E-state index contributed by atoms with van der Waals surface area (Å²) in [5.41, 5.74) is 1.77. The Kier molecular flexibility index (Phi) is 10.2. The Morgan fingerprint density at radius 2 is 1.69 bits per heavy atom. The molecule has 1 aliphatic rings. The SMILES string of the molecule is CC1CCN(c2cc3c(cc2C(=O)Nc2ccc(OC(F)(F)F)cc2)nc(Cc2c(Cl)ccc(CNC(=O)C(C)(C)F)c2Cl)n3C)CC1. The molecule has 0 aliphatic carbocycles. The minimum atomic E-state index is -4.83. The lowest BCUT2D eigenvalue weighted by molar-refractivity contribution is -0.274. The van der Waals surface area contributed by atoms with Crippen LogP contribution in [-0.4, -0.2) is 46.5 Å². The third-order valence-corrected chi connectivity index (χ3v) is 9.21. The summed E-state index contributed by atoms with van der Waals surface area (Å²) < 4.78 is 57.7. The third-order valence-electron chi connectivity index (χ3n) is 8.39. The summed E-state index contributed by atoms with van der Waals surface area (Å²) in [6.45, 7) is 6.03. The van der Waals surface area contributed by atoms with E-state index in [1.54, 1.807) is 18.2 Å². The van der Waals surface area contributed by atoms with Gasteiger partial charge in [0.25, 0.3) is 11.8 Å². The summed E-state index contributed by atoms with van der Waals surface area (Å²) in [5, 5.41) is 6.05. The highest BCUT2D eigenvalue weighted by atomic mass is 35.5. The molecule has 1 aliphatic heterocycles. The maximum absolute atomic E-state index is 14.0. The van der Waals surface area contributed by atoms with Gasteiger partial charge >= 0.3 is 6.36 Å². The Morgan fingerprint density at radius 3 is 2.31 bits per heavy atom. The number of aromatic nitrogens is 2. The molecule has 4 aromatic rings. The molecule has 1 aromatic heterocycles. The molecule has 256 valence electrons. The smallest absolute Gasteiger partial charge is 0.406 e. The number of alkyl halides is 4. The molecular weight excluding hydrogens is 673 g/mol. The van der Waals surface area contributed by atoms with E-state index < -0.39 is 29.6 Å². The summed E-state index contributed by atoms with van der Waals surface area (Å²) in [4.78, 5) is 32.8. The van der Waals surface area contributed by atoms with Crippen molar-refractivity contribution in [2.75, 3.05) is 23.3 Å². The first-order valence-electron chi connectivity index (χ1n) is 15.3. The lowest BCUT2D eigenvalue weighted by Gasteiger charge is -2.33. The second-order valence-corrected chi connectivity index (χ2v) is 13.3. The minimum absolute atomic E-state index is 0.00604. The highest BCUT2D eigenvalue weighted by Crippen LogP contribution is 2.34. The van der Waals surface area contributed by atoms with Gasteiger partial charge in [-0.25, -0.2) is 9.37 Å². The van der Waals surface area contributed by atoms with Crippen molar-refractivity contribution in [3.8, 4) is 5.75 Å². The first kappa shape index (κ1) is 35.3. The van der Waals surface area contributed by atoms with Gasteiger partial charge in [-0.3, -0.25) is 9.59 Å². The van der Waals surface area contributed by atoms with E-state index in [0.29, 0.717) is 55.4 Å². The van der Waals surface area contributed by atoms with Crippen molar-refractivity contribution in [2.24, 2.45) is 13.0 Å². The van der Waals surface area contributed by atoms with Gasteiger partial charge in [0, 0.05) is 43.8 Å². The molecule has 8 nitrogen and oxygen atoms in total. The topological polar surface area (TPSA) is 88.5 Å². The quantitative estimate of drug-likeness (QED) is 0.171. The standard InChI is InChI=1S/C34H35Cl2F4N5O3/c1-19-11-13-45(14-12-19)27-17-28-26(15-24(27)31(46)42-21-6-8-22(9-7-21)48-34(38,39)40)43-29(44(28)4)16-23-25(35)10-5-20(30(23)36)18-41-32(47)33(2,3)37/h5-10,15,17,19H,11-14,16,18H2,1-4H3,(H,41,47)(H,42,46). The molecule has 0 atom stereocenters. The van der Waals surface area contributed by atoms with Crippen LogP contribution in [0, 0.1) is 5.92 Å². The van der Waals surface area contributed by atoms with Crippen LogP contribution in [0.5, 0.6) is 5.75 Å². The van der Waals surface area contributed by atoms with Crippen LogP contribution in [0.2, 0.25) is 10.0 Å². The second kappa shape index (κ2) is 13.8. The van der Waals surface area contributed by atoms with E-state index in [0.717, 1.165) is 43.6 Å². The number of anilines is 2. The van der Waals surface area contributed by atoms with Gasteiger partial charge in [-0.15, -0.1) is 13.2 Å². The fourth-order valence-corrected chi connectivity index (χ4v) is 6.13. The average molecular weight is 709 g/mol. The molecule has 5 rings (SSSR count). The summed E-state index contributed by atoms with van der Waals surface area (Å²) in [6, 6.07) is 11.9. The third kappa shape index (κ3) is 8.15. The fraction of sp³-hybridized carbons (Fsp3) is 0.382. The largest absolute Gasteiger partial charge is 0.573 e. The maximum atomic E-state index is 14.0. The molecule has 0 unspecified atom stereocenters. The van der Waals surface area contributed by atoms with E-state index in [4.69, 9.17) is 28.2 Å². The number of imidazole rings is 1. The van der Waals surface area contributed by atoms with Gasteiger partial charge in [0.1, 0.15) is 11.6 Å². The van der Waals surface area contributed by atoms with Gasteiger partial charge in [0.2, 0.25) is 0 Å². The summed E-state index contributed by atoms with van der Waals surface area (Å²) in [5.74, 6) is -0.456. The zero-order valence-corrected chi connectivity index (χ0v) is 28.3. The highest BCUT2D eigenvalue weighted by molar-refractivity contribution is 6.36. The van der Waals surface area contributed by atoms with Crippen LogP contribution in [0.15, 0.2) is 48.5 Å². The monoisotopic (exact) mass is 707 g/mol. The Balaban J connectivity index is 1.47. The number of halogens is 6. The second-order valence-electron chi connectivity index (χ2n) is 12.5. The van der Waals surface area contributed by atoms with Gasteiger partial charge in [0.15, 0.2) is 5.67 Å². The van der Waals surface area contributed by atoms with Gasteiger partial charge < -0.3 is 24.8 Å². The molecular formula is C34H35Cl2F4N5O3. The van der Waals surface area contributed by atoms with Crippen LogP contribution >= 0.6 is 23.2 Å². The van der Waals surface area contributed by atoms with Gasteiger partial charge in [-0.05, 0) is 86.2 Å². The predicted molar refractivity (Wildman–Crippen MR) is 179 cm³/mol. The molecule has 14 heteroatoms. The molecule has 0 spiro atoms. The predicted octanol–water partition coefficient (Wildman–Crippen LogP) is 8.22. The van der Waals surface area contributed by atoms with Crippen LogP contribution in [0.1, 0.15) is 60.9 Å². The zero-order valence-electron chi connectivity index (χ0n) is 26.8. The number of aryl methyl sites for hydroxylation is 1. The summed E-state index contributed by atoms with van der Waals surface area (Å²) in [7, 11) is 1.85. The number of fused-ring (bicyclic) bond motifs is 1. The number of nitrogens with zero attached hydrogens (tertiary/aromatic N) is 3. The average Bonchev–Trinajstić information content (AvgIpc) is 3.32. The highest BCUT2D eigenvalue weighted by Gasteiger charge is 2.31. The molecule has 0 bridgehead atoms. The number of amides is 2. The van der Waals surface area contributed by atoms with E-state index in [2.05, 4.69) is 27.2 Å². The van der Waals surface area contributed by atoms with Crippen LogP contribution in [-0.2, 0) is 24.8 Å². The Bertz CT molecular complexity index is 1830. The molecule has 0 saturated carbocycles. The molecule has 3 aromatic carbocycles. The maximum Gasteiger partial charge on any atom is 0.573 e. The number of piperidine rings is 1. The molecule has 1 fully saturated rings. The lowest BCUT2D eigenvalue weighted by Crippen LogP contribution is -2.38. The number of hydrogen-bond donors (Lipinski definition) is 2. The van der Waals surface area contributed by atoms with E-state index in [1.165, 1.54) is 26.0 Å². The number of nitrogens with one attached hydrogen (secondary N) is 2. The first-order valence-corrected chi connectivity index (χ1v) is 16.1. The number of benzene rings is 3. The number of carbonyl (C=O) groups excluding carboxylic acids is 2. The van der Waals surface area contributed by atoms with Crippen molar-refractivity contribution in [1.29, 1.82) is 0 Å². The molecule has 0 radical (unpaired) electrons. The summed E-state index contributed by atoms with van der Waals surface area (Å²) in [6.07, 6.45) is -2.70. The van der Waals surface area contributed by atoms with Crippen LogP contribution < -0.4 is 20.3 Å². The molecule has 2 amide bonds. The molecule has 1 saturated heterocycles. The van der Waals surface area contributed by atoms with E-state index >= 15 is 0 Å². The molecule has 48 heavy (non-hydrogen) atoms. The van der Waals surface area contributed by atoms with Crippen molar-refractivity contribution in [3.63, 3.8) is 0 Å². The number of hydrogen-bond acceptors (Lipinski definition) is 5. The van der Waals surface area contributed by atoms with Gasteiger partial charge in [0.05, 0.1) is 27.3 Å². The fourth-order valence-electron chi connectivity index (χ4n) is 5.56. The Hall–Kier alpha value is -4.03. The van der Waals surface area contributed by atoms with Crippen LogP contribution in [0.25, 0.3) is 11.0 Å². The van der Waals surface area contributed by atoms with E-state index in [1.807, 2.05) is 17.7 Å². The minimum Gasteiger partial charge on any atom is -0.406 e. The van der Waals surface area contributed by atoms with E-state index in [9.17, 15) is 27.2 Å². The van der Waals surface area contributed by atoms with Crippen molar-refractivity contribution in [2.45, 2.75) is 58.6 Å². The Labute approximate surface area is 285 Å². The van der Waals surface area contributed by atoms with Gasteiger partial charge in [-0.2, -0.15) is 0 Å². The van der Waals surface area contributed by atoms with Gasteiger partial charge in [-0.1, -0.05) is 36.2 Å².